The zero-order chi connectivity index (χ0) is 18.4. The predicted octanol–water partition coefficient (Wildman–Crippen LogP) is 2.06. The van der Waals surface area contributed by atoms with E-state index in [2.05, 4.69) is 5.32 Å². The maximum Gasteiger partial charge on any atom is 0.596 e. The summed E-state index contributed by atoms with van der Waals surface area (Å²) in [5, 5.41) is 12.8. The summed E-state index contributed by atoms with van der Waals surface area (Å²) >= 11 is 0. The molecule has 136 valence electrons. The highest BCUT2D eigenvalue weighted by atomic mass is 16.6. The van der Waals surface area contributed by atoms with Crippen LogP contribution in [0.25, 0.3) is 0 Å². The summed E-state index contributed by atoms with van der Waals surface area (Å²) in [4.78, 5) is 23.9. The second-order valence-electron chi connectivity index (χ2n) is 6.93. The highest BCUT2D eigenvalue weighted by Crippen LogP contribution is 2.10. The Kier molecular flexibility index (Phi) is 6.14. The molecule has 0 saturated heterocycles. The third-order valence-electron chi connectivity index (χ3n) is 3.57. The van der Waals surface area contributed by atoms with Gasteiger partial charge in [-0.3, -0.25) is 0 Å². The van der Waals surface area contributed by atoms with Crippen LogP contribution in [0.15, 0.2) is 30.3 Å². The van der Waals surface area contributed by atoms with Crippen LogP contribution in [0.2, 0.25) is 0 Å². The van der Waals surface area contributed by atoms with E-state index < -0.39 is 29.9 Å². The van der Waals surface area contributed by atoms with E-state index in [-0.39, 0.29) is 13.2 Å². The standard InChI is InChI=1S/C18H24N2O5/c1-18(2,3)25-16(22)19-14-9-10-20(11-15(14)21)17(23)24-12-13-7-5-4-6-8-13/h4-8,10,14-15,21H,9,11-12H2,1-3H3/p+1/t14-,15-/m0/s1. The van der Waals surface area contributed by atoms with Crippen molar-refractivity contribution in [2.24, 2.45) is 0 Å². The quantitative estimate of drug-likeness (QED) is 0.816. The second-order valence-corrected chi connectivity index (χ2v) is 6.93. The van der Waals surface area contributed by atoms with Crippen LogP contribution >= 0.6 is 0 Å². The van der Waals surface area contributed by atoms with Gasteiger partial charge in [-0.05, 0) is 26.3 Å². The topological polar surface area (TPSA) is 87.9 Å². The molecule has 0 saturated carbocycles. The van der Waals surface area contributed by atoms with E-state index in [1.807, 2.05) is 30.3 Å². The van der Waals surface area contributed by atoms with Gasteiger partial charge >= 0.3 is 12.2 Å². The molecule has 0 radical (unpaired) electrons. The predicted molar refractivity (Wildman–Crippen MR) is 91.6 cm³/mol. The van der Waals surface area contributed by atoms with Crippen molar-refractivity contribution in [3.05, 3.63) is 35.9 Å². The number of hydrogen-bond acceptors (Lipinski definition) is 5. The largest absolute Gasteiger partial charge is 0.596 e. The number of amides is 2. The molecule has 7 heteroatoms. The normalized spacial score (nSPS) is 20.4. The number of benzene rings is 1. The first kappa shape index (κ1) is 18.9. The molecule has 25 heavy (non-hydrogen) atoms. The van der Waals surface area contributed by atoms with Gasteiger partial charge in [0.05, 0.1) is 6.04 Å². The number of aliphatic hydroxyl groups is 1. The van der Waals surface area contributed by atoms with Crippen molar-refractivity contribution >= 4 is 18.4 Å². The van der Waals surface area contributed by atoms with Gasteiger partial charge in [0.2, 0.25) is 0 Å². The molecule has 0 aromatic heterocycles. The molecule has 2 N–H and O–H groups in total. The summed E-state index contributed by atoms with van der Waals surface area (Å²) in [6.45, 7) is 5.51. The number of aliphatic hydroxyl groups excluding tert-OH is 1. The molecule has 0 aliphatic carbocycles. The van der Waals surface area contributed by atoms with Gasteiger partial charge in [0.1, 0.15) is 18.3 Å². The van der Waals surface area contributed by atoms with Crippen LogP contribution < -0.4 is 5.32 Å². The Balaban J connectivity index is 1.85. The van der Waals surface area contributed by atoms with Crippen molar-refractivity contribution in [2.75, 3.05) is 6.54 Å². The van der Waals surface area contributed by atoms with Gasteiger partial charge in [-0.15, -0.1) is 4.58 Å². The van der Waals surface area contributed by atoms with Crippen molar-refractivity contribution in [3.63, 3.8) is 0 Å². The summed E-state index contributed by atoms with van der Waals surface area (Å²) in [5.74, 6) is 0. The lowest BCUT2D eigenvalue weighted by molar-refractivity contribution is -0.461. The highest BCUT2D eigenvalue weighted by Gasteiger charge is 2.35. The first-order valence-electron chi connectivity index (χ1n) is 8.23. The van der Waals surface area contributed by atoms with E-state index in [0.717, 1.165) is 5.56 Å². The molecule has 1 aromatic rings. The van der Waals surface area contributed by atoms with Gasteiger partial charge in [0.25, 0.3) is 0 Å². The van der Waals surface area contributed by atoms with Crippen molar-refractivity contribution in [3.8, 4) is 0 Å². The van der Waals surface area contributed by atoms with E-state index in [0.29, 0.717) is 6.42 Å². The van der Waals surface area contributed by atoms with Gasteiger partial charge in [-0.25, -0.2) is 4.79 Å². The third-order valence-corrected chi connectivity index (χ3v) is 3.57. The Bertz CT molecular complexity index is 637. The number of nitrogens with zero attached hydrogens (tertiary/aromatic N) is 1. The van der Waals surface area contributed by atoms with Gasteiger partial charge in [0.15, 0.2) is 12.8 Å². The number of carbonyl (C=O) groups is 2. The molecule has 1 aliphatic rings. The Hall–Kier alpha value is -2.41. The third kappa shape index (κ3) is 6.19. The average molecular weight is 349 g/mol. The van der Waals surface area contributed by atoms with Crippen molar-refractivity contribution < 1.29 is 28.7 Å². The first-order chi connectivity index (χ1) is 11.7. The number of nitrogens with one attached hydrogen (secondary N) is 1. The molecular formula is C18H25N2O5+. The van der Waals surface area contributed by atoms with Crippen LogP contribution in [-0.2, 0) is 16.1 Å². The number of alkyl carbamates (subject to hydrolysis) is 1. The first-order valence-corrected chi connectivity index (χ1v) is 8.23. The van der Waals surface area contributed by atoms with Gasteiger partial charge < -0.3 is 19.9 Å². The van der Waals surface area contributed by atoms with Gasteiger partial charge in [0, 0.05) is 6.42 Å². The van der Waals surface area contributed by atoms with Crippen LogP contribution in [0.3, 0.4) is 0 Å². The van der Waals surface area contributed by atoms with E-state index in [1.165, 1.54) is 4.58 Å². The lowest BCUT2D eigenvalue weighted by atomic mass is 10.1. The molecule has 7 nitrogen and oxygen atoms in total. The molecule has 0 bridgehead atoms. The number of rotatable bonds is 3. The summed E-state index contributed by atoms with van der Waals surface area (Å²) in [6, 6.07) is 8.84. The summed E-state index contributed by atoms with van der Waals surface area (Å²) < 4.78 is 11.7. The molecule has 0 fully saturated rings. The molecule has 1 aromatic carbocycles. The van der Waals surface area contributed by atoms with Crippen molar-refractivity contribution in [1.29, 1.82) is 0 Å². The number of hydrogen-bond donors (Lipinski definition) is 2. The number of β-amino-alcohol motifs (C(OH)–C–C–N with tert-alkyl or cyclic N) is 1. The lowest BCUT2D eigenvalue weighted by Gasteiger charge is -2.26. The lowest BCUT2D eigenvalue weighted by Crippen LogP contribution is -2.52. The Labute approximate surface area is 147 Å². The average Bonchev–Trinajstić information content (AvgIpc) is 2.53. The molecule has 0 unspecified atom stereocenters. The molecule has 2 amide bonds. The molecule has 1 aliphatic heterocycles. The number of carbonyl (C=O) groups excluding carboxylic acids is 2. The number of ether oxygens (including phenoxy) is 2. The smallest absolute Gasteiger partial charge is 0.444 e. The summed E-state index contributed by atoms with van der Waals surface area (Å²) in [5.41, 5.74) is 0.277. The van der Waals surface area contributed by atoms with Gasteiger partial charge in [-0.2, -0.15) is 4.79 Å². The molecule has 2 rings (SSSR count). The van der Waals surface area contributed by atoms with Crippen LogP contribution in [0.4, 0.5) is 9.59 Å². The van der Waals surface area contributed by atoms with Crippen molar-refractivity contribution in [1.82, 2.24) is 5.32 Å². The van der Waals surface area contributed by atoms with Crippen LogP contribution in [0.5, 0.6) is 0 Å². The van der Waals surface area contributed by atoms with E-state index >= 15 is 0 Å². The van der Waals surface area contributed by atoms with Crippen LogP contribution in [0.1, 0.15) is 32.8 Å². The minimum atomic E-state index is -0.901. The zero-order valence-electron chi connectivity index (χ0n) is 14.8. The minimum absolute atomic E-state index is 0.0497. The SMILES string of the molecule is CC(C)(C)OC(=O)N[C@H]1CC=[N+](C(=O)OCc2ccccc2)C[C@@H]1O. The highest BCUT2D eigenvalue weighted by molar-refractivity contribution is 5.70. The van der Waals surface area contributed by atoms with E-state index in [9.17, 15) is 14.7 Å². The fourth-order valence-corrected chi connectivity index (χ4v) is 2.37. The van der Waals surface area contributed by atoms with E-state index in [1.54, 1.807) is 27.0 Å². The van der Waals surface area contributed by atoms with Gasteiger partial charge in [-0.1, -0.05) is 30.3 Å². The molecule has 2 atom stereocenters. The van der Waals surface area contributed by atoms with Crippen LogP contribution in [-0.4, -0.2) is 52.4 Å². The second kappa shape index (κ2) is 8.11. The molecule has 1 heterocycles. The fourth-order valence-electron chi connectivity index (χ4n) is 2.37. The summed E-state index contributed by atoms with van der Waals surface area (Å²) in [6.07, 6.45) is -0.103. The minimum Gasteiger partial charge on any atom is -0.444 e. The van der Waals surface area contributed by atoms with Crippen molar-refractivity contribution in [2.45, 2.75) is 51.5 Å². The Morgan fingerprint density at radius 1 is 1.28 bits per heavy atom. The molecule has 0 spiro atoms. The Morgan fingerprint density at radius 2 is 1.96 bits per heavy atom. The van der Waals surface area contributed by atoms with Crippen LogP contribution in [0, 0.1) is 0 Å². The maximum absolute atomic E-state index is 12.1. The Morgan fingerprint density at radius 3 is 2.56 bits per heavy atom. The fraction of sp³-hybridized carbons (Fsp3) is 0.500. The van der Waals surface area contributed by atoms with E-state index in [4.69, 9.17) is 9.47 Å². The zero-order valence-corrected chi connectivity index (χ0v) is 14.8. The summed E-state index contributed by atoms with van der Waals surface area (Å²) in [7, 11) is 0. The maximum atomic E-state index is 12.1. The monoisotopic (exact) mass is 349 g/mol. The molecular weight excluding hydrogens is 324 g/mol.